The Morgan fingerprint density at radius 1 is 1.22 bits per heavy atom. The second kappa shape index (κ2) is 6.84. The highest BCUT2D eigenvalue weighted by Gasteiger charge is 2.34. The van der Waals surface area contributed by atoms with E-state index in [2.05, 4.69) is 0 Å². The second-order valence-electron chi connectivity index (χ2n) is 5.79. The van der Waals surface area contributed by atoms with Crippen molar-refractivity contribution in [3.05, 3.63) is 65.7 Å². The van der Waals surface area contributed by atoms with Gasteiger partial charge in [-0.15, -0.1) is 0 Å². The molecule has 1 saturated heterocycles. The molecule has 4 nitrogen and oxygen atoms in total. The Kier molecular flexibility index (Phi) is 4.63. The first kappa shape index (κ1) is 15.6. The molecule has 0 spiro atoms. The quantitative estimate of drug-likeness (QED) is 0.869. The maximum absolute atomic E-state index is 12.4. The van der Waals surface area contributed by atoms with Gasteiger partial charge in [0.1, 0.15) is 18.1 Å². The summed E-state index contributed by atoms with van der Waals surface area (Å²) in [5, 5.41) is 0. The number of rotatable bonds is 4. The number of carbonyl (C=O) groups is 1. The molecule has 2 unspecified atom stereocenters. The van der Waals surface area contributed by atoms with E-state index in [1.165, 1.54) is 0 Å². The van der Waals surface area contributed by atoms with Crippen LogP contribution in [0, 0.1) is 6.92 Å². The van der Waals surface area contributed by atoms with Crippen LogP contribution < -0.4 is 4.74 Å². The number of amides is 1. The van der Waals surface area contributed by atoms with Gasteiger partial charge >= 0.3 is 0 Å². The number of benzene rings is 2. The highest BCUT2D eigenvalue weighted by atomic mass is 16.5. The van der Waals surface area contributed by atoms with Crippen LogP contribution in [0.1, 0.15) is 24.2 Å². The van der Waals surface area contributed by atoms with Crippen LogP contribution >= 0.6 is 0 Å². The summed E-state index contributed by atoms with van der Waals surface area (Å²) in [6.45, 7) is 4.48. The van der Waals surface area contributed by atoms with E-state index in [1.807, 2.05) is 68.4 Å². The van der Waals surface area contributed by atoms with Gasteiger partial charge in [0.25, 0.3) is 5.91 Å². The van der Waals surface area contributed by atoms with Crippen LogP contribution in [0.4, 0.5) is 0 Å². The lowest BCUT2D eigenvalue weighted by molar-refractivity contribution is -0.137. The second-order valence-corrected chi connectivity index (χ2v) is 5.79. The van der Waals surface area contributed by atoms with Crippen molar-refractivity contribution in [2.24, 2.45) is 0 Å². The summed E-state index contributed by atoms with van der Waals surface area (Å²) in [5.41, 5.74) is 2.20. The van der Waals surface area contributed by atoms with E-state index in [9.17, 15) is 4.79 Å². The zero-order valence-corrected chi connectivity index (χ0v) is 13.4. The Hall–Kier alpha value is -2.33. The number of ether oxygens (including phenoxy) is 2. The van der Waals surface area contributed by atoms with E-state index in [0.29, 0.717) is 12.3 Å². The molecule has 0 saturated carbocycles. The van der Waals surface area contributed by atoms with Crippen LogP contribution in [0.3, 0.4) is 0 Å². The third kappa shape index (κ3) is 3.71. The molecule has 2 aromatic carbocycles. The lowest BCUT2D eigenvalue weighted by Crippen LogP contribution is -2.37. The van der Waals surface area contributed by atoms with Crippen molar-refractivity contribution < 1.29 is 14.3 Å². The van der Waals surface area contributed by atoms with Crippen LogP contribution in [0.2, 0.25) is 0 Å². The molecule has 4 heteroatoms. The first-order valence-corrected chi connectivity index (χ1v) is 7.83. The van der Waals surface area contributed by atoms with Crippen molar-refractivity contribution in [2.45, 2.75) is 26.2 Å². The SMILES string of the molecule is Cc1cccc(OCC(=O)N2CC(c3ccccc3)OC2C)c1. The Morgan fingerprint density at radius 3 is 2.74 bits per heavy atom. The number of carbonyl (C=O) groups excluding carboxylic acids is 1. The number of hydrogen-bond acceptors (Lipinski definition) is 3. The third-order valence-corrected chi connectivity index (χ3v) is 4.01. The summed E-state index contributed by atoms with van der Waals surface area (Å²) >= 11 is 0. The van der Waals surface area contributed by atoms with E-state index in [0.717, 1.165) is 11.1 Å². The van der Waals surface area contributed by atoms with Gasteiger partial charge in [-0.2, -0.15) is 0 Å². The average molecular weight is 311 g/mol. The van der Waals surface area contributed by atoms with Crippen LogP contribution in [-0.4, -0.2) is 30.2 Å². The van der Waals surface area contributed by atoms with Gasteiger partial charge in [0.15, 0.2) is 6.61 Å². The molecule has 1 aliphatic rings. The molecule has 1 amide bonds. The summed E-state index contributed by atoms with van der Waals surface area (Å²) in [7, 11) is 0. The summed E-state index contributed by atoms with van der Waals surface area (Å²) < 4.78 is 11.5. The largest absolute Gasteiger partial charge is 0.484 e. The van der Waals surface area contributed by atoms with Gasteiger partial charge in [-0.3, -0.25) is 4.79 Å². The van der Waals surface area contributed by atoms with Crippen molar-refractivity contribution in [1.82, 2.24) is 4.90 Å². The van der Waals surface area contributed by atoms with Crippen LogP contribution in [-0.2, 0) is 9.53 Å². The molecule has 1 heterocycles. The molecule has 0 radical (unpaired) electrons. The predicted octanol–water partition coefficient (Wildman–Crippen LogP) is 3.32. The highest BCUT2D eigenvalue weighted by Crippen LogP contribution is 2.28. The fourth-order valence-corrected chi connectivity index (χ4v) is 2.77. The van der Waals surface area contributed by atoms with E-state index in [-0.39, 0.29) is 24.8 Å². The molecule has 0 aromatic heterocycles. The lowest BCUT2D eigenvalue weighted by atomic mass is 10.1. The predicted molar refractivity (Wildman–Crippen MR) is 88.1 cm³/mol. The van der Waals surface area contributed by atoms with Crippen LogP contribution in [0.25, 0.3) is 0 Å². The molecule has 3 rings (SSSR count). The summed E-state index contributed by atoms with van der Waals surface area (Å²) in [6.07, 6.45) is -0.317. The zero-order chi connectivity index (χ0) is 16.2. The fraction of sp³-hybridized carbons (Fsp3) is 0.316. The molecular formula is C19H21NO3. The van der Waals surface area contributed by atoms with E-state index >= 15 is 0 Å². The number of aryl methyl sites for hydroxylation is 1. The Bertz CT molecular complexity index is 671. The smallest absolute Gasteiger partial charge is 0.262 e. The molecular weight excluding hydrogens is 290 g/mol. The van der Waals surface area contributed by atoms with Crippen molar-refractivity contribution in [2.75, 3.05) is 13.2 Å². The average Bonchev–Trinajstić information content (AvgIpc) is 2.95. The molecule has 0 bridgehead atoms. The van der Waals surface area contributed by atoms with Crippen molar-refractivity contribution in [3.8, 4) is 5.75 Å². The summed E-state index contributed by atoms with van der Waals surface area (Å²) in [6, 6.07) is 17.7. The molecule has 0 N–H and O–H groups in total. The molecule has 2 aromatic rings. The minimum Gasteiger partial charge on any atom is -0.484 e. The molecule has 120 valence electrons. The van der Waals surface area contributed by atoms with Crippen molar-refractivity contribution in [1.29, 1.82) is 0 Å². The summed E-state index contributed by atoms with van der Waals surface area (Å²) in [4.78, 5) is 14.1. The standard InChI is InChI=1S/C19H21NO3/c1-14-7-6-10-17(11-14)22-13-19(21)20-12-18(23-15(20)2)16-8-4-3-5-9-16/h3-11,15,18H,12-13H2,1-2H3. The van der Waals surface area contributed by atoms with Crippen LogP contribution in [0.5, 0.6) is 5.75 Å². The van der Waals surface area contributed by atoms with Crippen molar-refractivity contribution >= 4 is 5.91 Å². The lowest BCUT2D eigenvalue weighted by Gasteiger charge is -2.19. The normalized spacial score (nSPS) is 20.5. The maximum atomic E-state index is 12.4. The monoisotopic (exact) mass is 311 g/mol. The highest BCUT2D eigenvalue weighted by molar-refractivity contribution is 5.78. The molecule has 0 aliphatic carbocycles. The van der Waals surface area contributed by atoms with Gasteiger partial charge in [-0.25, -0.2) is 0 Å². The first-order chi connectivity index (χ1) is 11.1. The molecule has 23 heavy (non-hydrogen) atoms. The Labute approximate surface area is 136 Å². The van der Waals surface area contributed by atoms with E-state index < -0.39 is 0 Å². The van der Waals surface area contributed by atoms with Gasteiger partial charge in [-0.1, -0.05) is 42.5 Å². The van der Waals surface area contributed by atoms with Gasteiger partial charge in [0.05, 0.1) is 6.54 Å². The fourth-order valence-electron chi connectivity index (χ4n) is 2.77. The minimum atomic E-state index is -0.242. The Morgan fingerprint density at radius 2 is 2.00 bits per heavy atom. The number of hydrogen-bond donors (Lipinski definition) is 0. The van der Waals surface area contributed by atoms with Gasteiger partial charge < -0.3 is 14.4 Å². The molecule has 1 aliphatic heterocycles. The zero-order valence-electron chi connectivity index (χ0n) is 13.4. The summed E-state index contributed by atoms with van der Waals surface area (Å²) in [5.74, 6) is 0.656. The number of nitrogens with zero attached hydrogens (tertiary/aromatic N) is 1. The first-order valence-electron chi connectivity index (χ1n) is 7.83. The van der Waals surface area contributed by atoms with Crippen molar-refractivity contribution in [3.63, 3.8) is 0 Å². The van der Waals surface area contributed by atoms with Crippen LogP contribution in [0.15, 0.2) is 54.6 Å². The maximum Gasteiger partial charge on any atom is 0.262 e. The molecule has 2 atom stereocenters. The molecule has 1 fully saturated rings. The van der Waals surface area contributed by atoms with E-state index in [1.54, 1.807) is 4.90 Å². The Balaban J connectivity index is 1.59. The van der Waals surface area contributed by atoms with Gasteiger partial charge in [0, 0.05) is 0 Å². The minimum absolute atomic E-state index is 0.0265. The third-order valence-electron chi connectivity index (χ3n) is 4.01. The topological polar surface area (TPSA) is 38.8 Å². The van der Waals surface area contributed by atoms with E-state index in [4.69, 9.17) is 9.47 Å². The van der Waals surface area contributed by atoms with Gasteiger partial charge in [0.2, 0.25) is 0 Å². The van der Waals surface area contributed by atoms with Gasteiger partial charge in [-0.05, 0) is 37.1 Å².